The van der Waals surface area contributed by atoms with E-state index < -0.39 is 18.0 Å². The molecular weight excluding hydrogens is 444 g/mol. The number of benzene rings is 2. The van der Waals surface area contributed by atoms with Crippen LogP contribution in [0.25, 0.3) is 0 Å². The van der Waals surface area contributed by atoms with Crippen molar-refractivity contribution in [2.45, 2.75) is 26.5 Å². The third-order valence-corrected chi connectivity index (χ3v) is 5.27. The molecule has 0 unspecified atom stereocenters. The fourth-order valence-electron chi connectivity index (χ4n) is 3.42. The molecule has 0 aromatic heterocycles. The summed E-state index contributed by atoms with van der Waals surface area (Å²) in [4.78, 5) is 24.1. The van der Waals surface area contributed by atoms with E-state index in [0.29, 0.717) is 33.4 Å². The van der Waals surface area contributed by atoms with Crippen molar-refractivity contribution in [1.82, 2.24) is 10.6 Å². The summed E-state index contributed by atoms with van der Waals surface area (Å²) in [6.45, 7) is 4.09. The molecule has 8 nitrogen and oxygen atoms in total. The SMILES string of the molecule is CCOC(=O)C1=C(C)NC(=S)N[C@H]1c1ccc(OCc2ccc(C(=O)OC)cc2)c(OC)c1. The van der Waals surface area contributed by atoms with Gasteiger partial charge < -0.3 is 29.6 Å². The molecule has 2 N–H and O–H groups in total. The van der Waals surface area contributed by atoms with E-state index >= 15 is 0 Å². The van der Waals surface area contributed by atoms with Crippen LogP contribution in [0.4, 0.5) is 0 Å². The Morgan fingerprint density at radius 2 is 1.76 bits per heavy atom. The molecule has 174 valence electrons. The molecule has 2 aromatic rings. The number of carbonyl (C=O) groups is 2. The lowest BCUT2D eigenvalue weighted by Crippen LogP contribution is -2.45. The van der Waals surface area contributed by atoms with E-state index in [1.54, 1.807) is 57.4 Å². The molecule has 0 bridgehead atoms. The second-order valence-corrected chi connectivity index (χ2v) is 7.59. The Kier molecular flexibility index (Phi) is 7.89. The lowest BCUT2D eigenvalue weighted by Gasteiger charge is -2.30. The minimum absolute atomic E-state index is 0.267. The summed E-state index contributed by atoms with van der Waals surface area (Å²) in [5, 5.41) is 6.52. The maximum Gasteiger partial charge on any atom is 0.338 e. The van der Waals surface area contributed by atoms with Gasteiger partial charge in [-0.15, -0.1) is 0 Å². The molecule has 0 aliphatic carbocycles. The fourth-order valence-corrected chi connectivity index (χ4v) is 3.69. The smallest absolute Gasteiger partial charge is 0.338 e. The highest BCUT2D eigenvalue weighted by atomic mass is 32.1. The summed E-state index contributed by atoms with van der Waals surface area (Å²) >= 11 is 5.29. The van der Waals surface area contributed by atoms with Crippen molar-refractivity contribution >= 4 is 29.3 Å². The Hall–Kier alpha value is -3.59. The minimum Gasteiger partial charge on any atom is -0.493 e. The van der Waals surface area contributed by atoms with E-state index in [1.165, 1.54) is 7.11 Å². The molecule has 0 saturated carbocycles. The van der Waals surface area contributed by atoms with Crippen molar-refractivity contribution in [2.75, 3.05) is 20.8 Å². The zero-order chi connectivity index (χ0) is 24.0. The molecule has 0 fully saturated rings. The van der Waals surface area contributed by atoms with Gasteiger partial charge in [0.25, 0.3) is 0 Å². The van der Waals surface area contributed by atoms with Crippen LogP contribution in [0.15, 0.2) is 53.7 Å². The Morgan fingerprint density at radius 3 is 2.39 bits per heavy atom. The van der Waals surface area contributed by atoms with Crippen LogP contribution in [0.2, 0.25) is 0 Å². The highest BCUT2D eigenvalue weighted by Gasteiger charge is 2.31. The zero-order valence-corrected chi connectivity index (χ0v) is 19.7. The van der Waals surface area contributed by atoms with Gasteiger partial charge in [-0.05, 0) is 61.5 Å². The van der Waals surface area contributed by atoms with Gasteiger partial charge in [0.2, 0.25) is 0 Å². The van der Waals surface area contributed by atoms with E-state index in [9.17, 15) is 9.59 Å². The summed E-state index contributed by atoms with van der Waals surface area (Å²) in [5.41, 5.74) is 3.20. The lowest BCUT2D eigenvalue weighted by atomic mass is 9.95. The number of hydrogen-bond donors (Lipinski definition) is 2. The van der Waals surface area contributed by atoms with E-state index in [4.69, 9.17) is 31.2 Å². The van der Waals surface area contributed by atoms with Crippen LogP contribution in [-0.4, -0.2) is 37.9 Å². The van der Waals surface area contributed by atoms with Crippen molar-refractivity contribution in [3.8, 4) is 11.5 Å². The first-order chi connectivity index (χ1) is 15.9. The molecule has 33 heavy (non-hydrogen) atoms. The molecule has 1 heterocycles. The van der Waals surface area contributed by atoms with Crippen LogP contribution in [0, 0.1) is 0 Å². The molecule has 0 saturated heterocycles. The predicted molar refractivity (Wildman–Crippen MR) is 126 cm³/mol. The lowest BCUT2D eigenvalue weighted by molar-refractivity contribution is -0.139. The normalized spacial score (nSPS) is 15.3. The van der Waals surface area contributed by atoms with Crippen LogP contribution in [-0.2, 0) is 20.9 Å². The molecule has 2 aromatic carbocycles. The predicted octanol–water partition coefficient (Wildman–Crippen LogP) is 3.42. The van der Waals surface area contributed by atoms with Crippen LogP contribution >= 0.6 is 12.2 Å². The van der Waals surface area contributed by atoms with Gasteiger partial charge in [-0.25, -0.2) is 9.59 Å². The summed E-state index contributed by atoms with van der Waals surface area (Å²) in [6, 6.07) is 11.9. The van der Waals surface area contributed by atoms with Gasteiger partial charge in [-0.3, -0.25) is 0 Å². The van der Waals surface area contributed by atoms with Crippen LogP contribution in [0.3, 0.4) is 0 Å². The number of nitrogens with one attached hydrogen (secondary N) is 2. The van der Waals surface area contributed by atoms with Gasteiger partial charge in [0.15, 0.2) is 16.6 Å². The van der Waals surface area contributed by atoms with Crippen LogP contribution in [0.5, 0.6) is 11.5 Å². The maximum atomic E-state index is 12.6. The number of esters is 2. The van der Waals surface area contributed by atoms with E-state index in [1.807, 2.05) is 6.07 Å². The summed E-state index contributed by atoms with van der Waals surface area (Å²) in [5.74, 6) is 0.230. The molecule has 0 amide bonds. The number of thiocarbonyl (C=S) groups is 1. The second kappa shape index (κ2) is 10.8. The van der Waals surface area contributed by atoms with Gasteiger partial charge in [-0.2, -0.15) is 0 Å². The summed E-state index contributed by atoms with van der Waals surface area (Å²) in [7, 11) is 2.89. The van der Waals surface area contributed by atoms with Crippen molar-refractivity contribution in [3.63, 3.8) is 0 Å². The van der Waals surface area contributed by atoms with Gasteiger partial charge in [-0.1, -0.05) is 18.2 Å². The second-order valence-electron chi connectivity index (χ2n) is 7.18. The van der Waals surface area contributed by atoms with E-state index in [2.05, 4.69) is 10.6 Å². The molecular formula is C24H26N2O6S. The third-order valence-electron chi connectivity index (χ3n) is 5.05. The zero-order valence-electron chi connectivity index (χ0n) is 18.9. The van der Waals surface area contributed by atoms with Crippen molar-refractivity contribution in [3.05, 3.63) is 70.4 Å². The van der Waals surface area contributed by atoms with Crippen LogP contribution < -0.4 is 20.1 Å². The van der Waals surface area contributed by atoms with Gasteiger partial charge >= 0.3 is 11.9 Å². The molecule has 1 aliphatic rings. The first-order valence-electron chi connectivity index (χ1n) is 10.3. The Balaban J connectivity index is 1.81. The number of ether oxygens (including phenoxy) is 4. The standard InChI is InChI=1S/C24H26N2O6S/c1-5-31-23(28)20-14(2)25-24(33)26-21(20)17-10-11-18(19(12-17)29-3)32-13-15-6-8-16(9-7-15)22(27)30-4/h6-12,21H,5,13H2,1-4H3,(H2,25,26,33)/t21-/m0/s1. The van der Waals surface area contributed by atoms with Crippen molar-refractivity contribution in [1.29, 1.82) is 0 Å². The molecule has 0 radical (unpaired) electrons. The first kappa shape index (κ1) is 24.1. The van der Waals surface area contributed by atoms with Crippen LogP contribution in [0.1, 0.15) is 41.4 Å². The monoisotopic (exact) mass is 470 g/mol. The minimum atomic E-state index is -0.494. The molecule has 1 aliphatic heterocycles. The summed E-state index contributed by atoms with van der Waals surface area (Å²) < 4.78 is 21.4. The average Bonchev–Trinajstić information content (AvgIpc) is 2.82. The highest BCUT2D eigenvalue weighted by Crippen LogP contribution is 2.35. The Labute approximate surface area is 197 Å². The van der Waals surface area contributed by atoms with E-state index in [0.717, 1.165) is 11.1 Å². The molecule has 0 spiro atoms. The third kappa shape index (κ3) is 5.61. The summed E-state index contributed by atoms with van der Waals surface area (Å²) in [6.07, 6.45) is 0. The quantitative estimate of drug-likeness (QED) is 0.444. The number of methoxy groups -OCH3 is 2. The Bertz CT molecular complexity index is 1080. The topological polar surface area (TPSA) is 95.1 Å². The van der Waals surface area contributed by atoms with E-state index in [-0.39, 0.29) is 13.2 Å². The maximum absolute atomic E-state index is 12.6. The number of rotatable bonds is 8. The van der Waals surface area contributed by atoms with Crippen molar-refractivity contribution in [2.24, 2.45) is 0 Å². The number of carbonyl (C=O) groups excluding carboxylic acids is 2. The number of hydrogen-bond acceptors (Lipinski definition) is 7. The van der Waals surface area contributed by atoms with Gasteiger partial charge in [0.05, 0.1) is 38.0 Å². The molecule has 1 atom stereocenters. The highest BCUT2D eigenvalue weighted by molar-refractivity contribution is 7.80. The average molecular weight is 471 g/mol. The largest absolute Gasteiger partial charge is 0.493 e. The van der Waals surface area contributed by atoms with Crippen molar-refractivity contribution < 1.29 is 28.5 Å². The Morgan fingerprint density at radius 1 is 1.03 bits per heavy atom. The van der Waals surface area contributed by atoms with Gasteiger partial charge in [0.1, 0.15) is 6.61 Å². The molecule has 9 heteroatoms. The van der Waals surface area contributed by atoms with Gasteiger partial charge in [0, 0.05) is 5.70 Å². The number of allylic oxidation sites excluding steroid dienone is 1. The molecule has 3 rings (SSSR count). The fraction of sp³-hybridized carbons (Fsp3) is 0.292. The first-order valence-corrected chi connectivity index (χ1v) is 10.7.